The van der Waals surface area contributed by atoms with Crippen molar-refractivity contribution >= 4 is 22.0 Å². The number of fused-ring (bicyclic) bond motifs is 1. The molecule has 1 aliphatic heterocycles. The topological polar surface area (TPSA) is 74.2 Å². The second kappa shape index (κ2) is 6.11. The van der Waals surface area contributed by atoms with E-state index < -0.39 is 11.6 Å². The molecule has 1 fully saturated rings. The fourth-order valence-corrected chi connectivity index (χ4v) is 5.01. The second-order valence-corrected chi connectivity index (χ2v) is 7.73. The highest BCUT2D eigenvalue weighted by Crippen LogP contribution is 2.58. The zero-order chi connectivity index (χ0) is 17.5. The molecule has 2 aromatic rings. The number of benzene rings is 1. The molecular formula is C19H20BrN3O2. The lowest BCUT2D eigenvalue weighted by molar-refractivity contribution is 0.0849. The third kappa shape index (κ3) is 2.47. The van der Waals surface area contributed by atoms with Gasteiger partial charge in [-0.15, -0.1) is 0 Å². The van der Waals surface area contributed by atoms with E-state index in [2.05, 4.69) is 43.7 Å². The molecule has 5 nitrogen and oxygen atoms in total. The summed E-state index contributed by atoms with van der Waals surface area (Å²) in [7, 11) is 0. The van der Waals surface area contributed by atoms with Gasteiger partial charge in [0, 0.05) is 17.2 Å². The number of hydrogen-bond donors (Lipinski definition) is 3. The van der Waals surface area contributed by atoms with E-state index in [0.717, 1.165) is 48.1 Å². The molecule has 25 heavy (non-hydrogen) atoms. The lowest BCUT2D eigenvalue weighted by atomic mass is 9.62. The summed E-state index contributed by atoms with van der Waals surface area (Å²) >= 11 is 3.38. The molecule has 2 aliphatic rings. The maximum Gasteiger partial charge on any atom is 0.405 e. The monoisotopic (exact) mass is 401 g/mol. The van der Waals surface area contributed by atoms with Crippen LogP contribution in [0.25, 0.3) is 0 Å². The van der Waals surface area contributed by atoms with Crippen molar-refractivity contribution in [3.05, 3.63) is 63.9 Å². The number of nitrogens with zero attached hydrogens (tertiary/aromatic N) is 1. The maximum absolute atomic E-state index is 11.9. The molecular weight excluding hydrogens is 382 g/mol. The van der Waals surface area contributed by atoms with Crippen LogP contribution in [0.3, 0.4) is 0 Å². The maximum atomic E-state index is 11.9. The minimum atomic E-state index is -1.00. The highest BCUT2D eigenvalue weighted by atomic mass is 79.9. The van der Waals surface area contributed by atoms with Gasteiger partial charge in [0.1, 0.15) is 10.1 Å². The molecule has 1 saturated heterocycles. The Balaban J connectivity index is 1.99. The van der Waals surface area contributed by atoms with Crippen molar-refractivity contribution < 1.29 is 9.90 Å². The van der Waals surface area contributed by atoms with Crippen LogP contribution in [0, 0.1) is 5.41 Å². The number of carbonyl (C=O) groups is 1. The number of nitrogens with one attached hydrogen (secondary N) is 2. The summed E-state index contributed by atoms with van der Waals surface area (Å²) < 4.78 is 0.743. The van der Waals surface area contributed by atoms with E-state index in [1.54, 1.807) is 6.20 Å². The molecule has 0 unspecified atom stereocenters. The quantitative estimate of drug-likeness (QED) is 0.675. The van der Waals surface area contributed by atoms with Gasteiger partial charge in [-0.3, -0.25) is 0 Å². The lowest BCUT2D eigenvalue weighted by Gasteiger charge is -2.49. The van der Waals surface area contributed by atoms with Gasteiger partial charge in [-0.2, -0.15) is 0 Å². The van der Waals surface area contributed by atoms with Crippen molar-refractivity contribution in [3.63, 3.8) is 0 Å². The van der Waals surface area contributed by atoms with Gasteiger partial charge in [0.05, 0.1) is 0 Å². The Bertz CT molecular complexity index is 803. The van der Waals surface area contributed by atoms with Crippen molar-refractivity contribution in [2.24, 2.45) is 5.41 Å². The smallest absolute Gasteiger partial charge is 0.405 e. The minimum Gasteiger partial charge on any atom is -0.465 e. The van der Waals surface area contributed by atoms with Crippen LogP contribution in [0.1, 0.15) is 29.5 Å². The Hall–Kier alpha value is -1.92. The molecule has 1 aromatic heterocycles. The number of rotatable bonds is 2. The first kappa shape index (κ1) is 16.5. The fraction of sp³-hybridized carbons (Fsp3) is 0.368. The Labute approximate surface area is 155 Å². The molecule has 2 heterocycles. The number of halogens is 1. The van der Waals surface area contributed by atoms with Crippen molar-refractivity contribution in [2.45, 2.75) is 24.8 Å². The zero-order valence-corrected chi connectivity index (χ0v) is 15.3. The van der Waals surface area contributed by atoms with E-state index in [1.807, 2.05) is 24.3 Å². The molecule has 0 radical (unpaired) electrons. The van der Waals surface area contributed by atoms with Crippen LogP contribution in [0.15, 0.2) is 47.2 Å². The van der Waals surface area contributed by atoms with E-state index in [9.17, 15) is 9.90 Å². The number of hydrogen-bond acceptors (Lipinski definition) is 3. The normalized spacial score (nSPS) is 24.0. The van der Waals surface area contributed by atoms with Crippen LogP contribution >= 0.6 is 15.9 Å². The van der Waals surface area contributed by atoms with Gasteiger partial charge in [-0.1, -0.05) is 30.3 Å². The van der Waals surface area contributed by atoms with E-state index in [4.69, 9.17) is 0 Å². The first-order chi connectivity index (χ1) is 12.1. The van der Waals surface area contributed by atoms with Gasteiger partial charge in [-0.25, -0.2) is 9.78 Å². The van der Waals surface area contributed by atoms with Crippen molar-refractivity contribution in [1.82, 2.24) is 15.6 Å². The predicted octanol–water partition coefficient (Wildman–Crippen LogP) is 3.28. The number of piperidine rings is 1. The Morgan fingerprint density at radius 1 is 1.20 bits per heavy atom. The lowest BCUT2D eigenvalue weighted by Crippen LogP contribution is -2.59. The van der Waals surface area contributed by atoms with Crippen molar-refractivity contribution in [3.8, 4) is 0 Å². The zero-order valence-electron chi connectivity index (χ0n) is 13.8. The highest BCUT2D eigenvalue weighted by molar-refractivity contribution is 9.10. The Morgan fingerprint density at radius 3 is 2.64 bits per heavy atom. The standard InChI is InChI=1S/C19H20BrN3O2/c20-16-6-5-14(12-22-16)19(23-17(24)25)15-4-2-1-3-13(15)11-18(19)7-9-21-10-8-18/h1-6,12,21,23H,7-11H2,(H,24,25)/t19-/m0/s1. The molecule has 4 rings (SSSR count). The first-order valence-electron chi connectivity index (χ1n) is 8.50. The highest BCUT2D eigenvalue weighted by Gasteiger charge is 2.59. The van der Waals surface area contributed by atoms with Crippen LogP contribution in [0.2, 0.25) is 0 Å². The van der Waals surface area contributed by atoms with Crippen LogP contribution < -0.4 is 10.6 Å². The number of carboxylic acid groups (broad SMARTS) is 1. The summed E-state index contributed by atoms with van der Waals surface area (Å²) in [5, 5.41) is 16.1. The van der Waals surface area contributed by atoms with E-state index >= 15 is 0 Å². The molecule has 0 saturated carbocycles. The summed E-state index contributed by atoms with van der Waals surface area (Å²) in [6.07, 6.45) is 3.50. The molecule has 6 heteroatoms. The van der Waals surface area contributed by atoms with Crippen LogP contribution in [0.4, 0.5) is 4.79 Å². The van der Waals surface area contributed by atoms with Crippen molar-refractivity contribution in [2.75, 3.05) is 13.1 Å². The molecule has 1 aromatic carbocycles. The average molecular weight is 402 g/mol. The number of aromatic nitrogens is 1. The fourth-order valence-electron chi connectivity index (χ4n) is 4.77. The van der Waals surface area contributed by atoms with Crippen LogP contribution in [-0.2, 0) is 12.0 Å². The molecule has 1 spiro atoms. The third-order valence-electron chi connectivity index (χ3n) is 5.76. The average Bonchev–Trinajstić information content (AvgIpc) is 2.86. The molecule has 1 aliphatic carbocycles. The summed E-state index contributed by atoms with van der Waals surface area (Å²) in [6, 6.07) is 12.1. The number of amides is 1. The van der Waals surface area contributed by atoms with E-state index in [-0.39, 0.29) is 5.41 Å². The summed E-state index contributed by atoms with van der Waals surface area (Å²) in [5.41, 5.74) is 2.23. The summed E-state index contributed by atoms with van der Waals surface area (Å²) in [6.45, 7) is 1.78. The third-order valence-corrected chi connectivity index (χ3v) is 6.23. The van der Waals surface area contributed by atoms with E-state index in [1.165, 1.54) is 5.56 Å². The van der Waals surface area contributed by atoms with Gasteiger partial charge in [0.25, 0.3) is 0 Å². The Kier molecular flexibility index (Phi) is 4.04. The first-order valence-corrected chi connectivity index (χ1v) is 9.29. The predicted molar refractivity (Wildman–Crippen MR) is 98.6 cm³/mol. The van der Waals surface area contributed by atoms with Gasteiger partial charge in [0.2, 0.25) is 0 Å². The van der Waals surface area contributed by atoms with Crippen LogP contribution in [-0.4, -0.2) is 29.3 Å². The largest absolute Gasteiger partial charge is 0.465 e. The van der Waals surface area contributed by atoms with Crippen LogP contribution in [0.5, 0.6) is 0 Å². The van der Waals surface area contributed by atoms with Gasteiger partial charge in [-0.05, 0) is 65.5 Å². The molecule has 0 bridgehead atoms. The second-order valence-electron chi connectivity index (χ2n) is 6.91. The molecule has 3 N–H and O–H groups in total. The Morgan fingerprint density at radius 2 is 1.96 bits per heavy atom. The van der Waals surface area contributed by atoms with Gasteiger partial charge in [0.15, 0.2) is 0 Å². The molecule has 130 valence electrons. The van der Waals surface area contributed by atoms with Gasteiger partial charge >= 0.3 is 6.09 Å². The minimum absolute atomic E-state index is 0.185. The van der Waals surface area contributed by atoms with Crippen molar-refractivity contribution in [1.29, 1.82) is 0 Å². The molecule has 1 atom stereocenters. The SMILES string of the molecule is O=C(O)N[C@@]1(c2ccc(Br)nc2)c2ccccc2CC12CCNCC2. The number of pyridine rings is 1. The summed E-state index contributed by atoms with van der Waals surface area (Å²) in [5.74, 6) is 0. The summed E-state index contributed by atoms with van der Waals surface area (Å²) in [4.78, 5) is 16.3. The van der Waals surface area contributed by atoms with Gasteiger partial charge < -0.3 is 15.7 Å². The van der Waals surface area contributed by atoms with E-state index in [0.29, 0.717) is 0 Å². The molecule has 1 amide bonds.